The van der Waals surface area contributed by atoms with Crippen molar-refractivity contribution in [2.24, 2.45) is 5.41 Å². The monoisotopic (exact) mass is 314 g/mol. The number of esters is 1. The van der Waals surface area contributed by atoms with E-state index in [2.05, 4.69) is 25.9 Å². The number of aryl methyl sites for hydroxylation is 1. The summed E-state index contributed by atoms with van der Waals surface area (Å²) in [5.41, 5.74) is 2.21. The van der Waals surface area contributed by atoms with Crippen LogP contribution in [0.4, 0.5) is 0 Å². The lowest BCUT2D eigenvalue weighted by Crippen LogP contribution is -2.26. The van der Waals surface area contributed by atoms with Crippen molar-refractivity contribution in [3.05, 3.63) is 41.6 Å². The third-order valence-corrected chi connectivity index (χ3v) is 3.50. The minimum Gasteiger partial charge on any atom is -0.407 e. The van der Waals surface area contributed by atoms with Gasteiger partial charge >= 0.3 is 5.97 Å². The molecule has 0 unspecified atom stereocenters. The van der Waals surface area contributed by atoms with E-state index in [1.54, 1.807) is 4.68 Å². The molecule has 23 heavy (non-hydrogen) atoms. The number of carbonyl (C=O) groups is 1. The maximum atomic E-state index is 12.3. The molecule has 0 N–H and O–H groups in total. The largest absolute Gasteiger partial charge is 0.407 e. The Morgan fingerprint density at radius 1 is 1.09 bits per heavy atom. The van der Waals surface area contributed by atoms with Crippen LogP contribution in [0, 0.1) is 12.3 Å². The number of nitrogens with zero attached hydrogens (tertiary/aromatic N) is 2. The highest BCUT2D eigenvalue weighted by Gasteiger charge is 2.27. The normalized spacial score (nSPS) is 12.3. The Morgan fingerprint density at radius 2 is 1.74 bits per heavy atom. The molecule has 0 amide bonds. The highest BCUT2D eigenvalue weighted by Crippen LogP contribution is 2.29. The van der Waals surface area contributed by atoms with Crippen molar-refractivity contribution in [1.82, 2.24) is 9.78 Å². The second-order valence-electron chi connectivity index (χ2n) is 8.01. The van der Waals surface area contributed by atoms with Gasteiger partial charge in [0.15, 0.2) is 0 Å². The third kappa shape index (κ3) is 4.01. The quantitative estimate of drug-likeness (QED) is 0.770. The van der Waals surface area contributed by atoms with E-state index in [9.17, 15) is 4.79 Å². The molecule has 0 fully saturated rings. The van der Waals surface area contributed by atoms with Crippen LogP contribution in [0.2, 0.25) is 0 Å². The van der Waals surface area contributed by atoms with E-state index in [-0.39, 0.29) is 11.4 Å². The first-order chi connectivity index (χ1) is 10.5. The maximum absolute atomic E-state index is 12.3. The Balaban J connectivity index is 2.51. The number of hydrogen-bond donors (Lipinski definition) is 0. The van der Waals surface area contributed by atoms with Crippen molar-refractivity contribution in [2.75, 3.05) is 0 Å². The van der Waals surface area contributed by atoms with Gasteiger partial charge in [0, 0.05) is 11.5 Å². The molecule has 2 aromatic rings. The Bertz CT molecular complexity index is 716. The maximum Gasteiger partial charge on any atom is 0.317 e. The number of rotatable bonds is 2. The summed E-state index contributed by atoms with van der Waals surface area (Å²) >= 11 is 0. The third-order valence-electron chi connectivity index (χ3n) is 3.50. The van der Waals surface area contributed by atoms with Gasteiger partial charge in [-0.15, -0.1) is 0 Å². The van der Waals surface area contributed by atoms with Crippen LogP contribution < -0.4 is 4.74 Å². The number of benzene rings is 1. The van der Waals surface area contributed by atoms with Crippen LogP contribution in [0.3, 0.4) is 0 Å². The van der Waals surface area contributed by atoms with E-state index < -0.39 is 5.41 Å². The molecule has 0 bridgehead atoms. The standard InChI is InChI=1S/C19H26N2O2/c1-13-9-8-10-14(11-13)21-16(23-17(22)19(5,6)7)12-15(20-21)18(2,3)4/h8-12H,1-7H3. The molecule has 0 spiro atoms. The van der Waals surface area contributed by atoms with Crippen LogP contribution in [-0.4, -0.2) is 15.7 Å². The first-order valence-electron chi connectivity index (χ1n) is 7.88. The second-order valence-corrected chi connectivity index (χ2v) is 8.01. The lowest BCUT2D eigenvalue weighted by atomic mass is 9.92. The molecule has 4 heteroatoms. The van der Waals surface area contributed by atoms with Crippen molar-refractivity contribution >= 4 is 5.97 Å². The summed E-state index contributed by atoms with van der Waals surface area (Å²) in [6.45, 7) is 13.8. The molecular formula is C19H26N2O2. The highest BCUT2D eigenvalue weighted by atomic mass is 16.5. The molecule has 0 saturated heterocycles. The molecule has 0 atom stereocenters. The summed E-state index contributed by atoms with van der Waals surface area (Å²) in [7, 11) is 0. The van der Waals surface area contributed by atoms with Gasteiger partial charge in [-0.05, 0) is 45.4 Å². The van der Waals surface area contributed by atoms with Crippen LogP contribution in [0.15, 0.2) is 30.3 Å². The molecule has 0 radical (unpaired) electrons. The number of aromatic nitrogens is 2. The molecule has 0 aliphatic carbocycles. The second kappa shape index (κ2) is 5.84. The van der Waals surface area contributed by atoms with E-state index in [0.29, 0.717) is 5.88 Å². The van der Waals surface area contributed by atoms with E-state index in [1.807, 2.05) is 58.0 Å². The number of carbonyl (C=O) groups excluding carboxylic acids is 1. The average Bonchev–Trinajstić information content (AvgIpc) is 2.81. The zero-order valence-corrected chi connectivity index (χ0v) is 15.1. The Morgan fingerprint density at radius 3 is 2.26 bits per heavy atom. The summed E-state index contributed by atoms with van der Waals surface area (Å²) in [6, 6.07) is 9.83. The van der Waals surface area contributed by atoms with E-state index in [0.717, 1.165) is 16.9 Å². The Kier molecular flexibility index (Phi) is 4.38. The van der Waals surface area contributed by atoms with Gasteiger partial charge in [-0.1, -0.05) is 32.9 Å². The van der Waals surface area contributed by atoms with Crippen molar-refractivity contribution in [3.63, 3.8) is 0 Å². The molecule has 1 aromatic carbocycles. The summed E-state index contributed by atoms with van der Waals surface area (Å²) in [4.78, 5) is 12.3. The first-order valence-corrected chi connectivity index (χ1v) is 7.88. The molecule has 1 aromatic heterocycles. The number of ether oxygens (including phenoxy) is 1. The average molecular weight is 314 g/mol. The van der Waals surface area contributed by atoms with Crippen molar-refractivity contribution < 1.29 is 9.53 Å². The highest BCUT2D eigenvalue weighted by molar-refractivity contribution is 5.77. The predicted octanol–water partition coefficient (Wildman–Crippen LogP) is 4.43. The van der Waals surface area contributed by atoms with Gasteiger partial charge in [0.1, 0.15) is 0 Å². The molecule has 2 rings (SSSR count). The first kappa shape index (κ1) is 17.3. The SMILES string of the molecule is Cc1cccc(-n2nc(C(C)(C)C)cc2OC(=O)C(C)(C)C)c1. The summed E-state index contributed by atoms with van der Waals surface area (Å²) in [5.74, 6) is 0.187. The molecule has 0 aliphatic heterocycles. The van der Waals surface area contributed by atoms with Gasteiger partial charge < -0.3 is 4.74 Å². The lowest BCUT2D eigenvalue weighted by molar-refractivity contribution is -0.143. The summed E-state index contributed by atoms with van der Waals surface area (Å²) < 4.78 is 7.35. The minimum absolute atomic E-state index is 0.127. The zero-order valence-electron chi connectivity index (χ0n) is 15.1. The topological polar surface area (TPSA) is 44.1 Å². The molecule has 1 heterocycles. The molecular weight excluding hydrogens is 288 g/mol. The smallest absolute Gasteiger partial charge is 0.317 e. The van der Waals surface area contributed by atoms with E-state index in [4.69, 9.17) is 4.74 Å². The Hall–Kier alpha value is -2.10. The van der Waals surface area contributed by atoms with Gasteiger partial charge in [0.25, 0.3) is 0 Å². The van der Waals surface area contributed by atoms with E-state index >= 15 is 0 Å². The molecule has 0 saturated carbocycles. The van der Waals surface area contributed by atoms with Crippen molar-refractivity contribution in [3.8, 4) is 11.6 Å². The van der Waals surface area contributed by atoms with Crippen molar-refractivity contribution in [1.29, 1.82) is 0 Å². The van der Waals surface area contributed by atoms with E-state index in [1.165, 1.54) is 0 Å². The van der Waals surface area contributed by atoms with Crippen LogP contribution >= 0.6 is 0 Å². The minimum atomic E-state index is -0.566. The van der Waals surface area contributed by atoms with Crippen molar-refractivity contribution in [2.45, 2.75) is 53.9 Å². The molecule has 4 nitrogen and oxygen atoms in total. The number of hydrogen-bond acceptors (Lipinski definition) is 3. The van der Waals surface area contributed by atoms with Crippen LogP contribution in [0.5, 0.6) is 5.88 Å². The summed E-state index contributed by atoms with van der Waals surface area (Å²) in [5, 5.41) is 4.67. The van der Waals surface area contributed by atoms with Gasteiger partial charge in [0.05, 0.1) is 16.8 Å². The zero-order chi connectivity index (χ0) is 17.4. The molecule has 0 aliphatic rings. The fourth-order valence-corrected chi connectivity index (χ4v) is 2.00. The fourth-order valence-electron chi connectivity index (χ4n) is 2.00. The summed E-state index contributed by atoms with van der Waals surface area (Å²) in [6.07, 6.45) is 0. The lowest BCUT2D eigenvalue weighted by Gasteiger charge is -2.16. The molecule has 124 valence electrons. The van der Waals surface area contributed by atoms with Gasteiger partial charge in [-0.2, -0.15) is 5.10 Å². The van der Waals surface area contributed by atoms with Gasteiger partial charge in [-0.3, -0.25) is 4.79 Å². The predicted molar refractivity (Wildman–Crippen MR) is 92.1 cm³/mol. The van der Waals surface area contributed by atoms with Crippen LogP contribution in [0.25, 0.3) is 5.69 Å². The van der Waals surface area contributed by atoms with Gasteiger partial charge in [0.2, 0.25) is 5.88 Å². The van der Waals surface area contributed by atoms with Crippen LogP contribution in [-0.2, 0) is 10.2 Å². The Labute approximate surface area is 138 Å². The van der Waals surface area contributed by atoms with Crippen LogP contribution in [0.1, 0.15) is 52.8 Å². The fraction of sp³-hybridized carbons (Fsp3) is 0.474. The van der Waals surface area contributed by atoms with Gasteiger partial charge in [-0.25, -0.2) is 4.68 Å².